The molecule has 2 bridgehead atoms. The zero-order valence-electron chi connectivity index (χ0n) is 18.8. The van der Waals surface area contributed by atoms with Gasteiger partial charge in [0.25, 0.3) is 5.91 Å². The van der Waals surface area contributed by atoms with Crippen molar-refractivity contribution in [2.45, 2.75) is 25.4 Å². The maximum absolute atomic E-state index is 15.0. The number of halogens is 2. The molecule has 5 rings (SSSR count). The Morgan fingerprint density at radius 1 is 1.17 bits per heavy atom. The SMILES string of the molecule is CCC1/C=C/COc2c(ccc(F)c2F)[C@@H](c2ccccn2)N2CN1C(=O)c1c(O)c(=O)ccn12. The van der Waals surface area contributed by atoms with Crippen molar-refractivity contribution in [2.24, 2.45) is 0 Å². The molecule has 4 heterocycles. The molecule has 10 heteroatoms. The van der Waals surface area contributed by atoms with E-state index in [1.807, 2.05) is 6.92 Å². The van der Waals surface area contributed by atoms with E-state index >= 15 is 4.39 Å². The normalized spacial score (nSPS) is 20.4. The fourth-order valence-electron chi connectivity index (χ4n) is 4.54. The number of fused-ring (bicyclic) bond motifs is 5. The Morgan fingerprint density at radius 3 is 2.74 bits per heavy atom. The Morgan fingerprint density at radius 2 is 2.00 bits per heavy atom. The third-order valence-electron chi connectivity index (χ3n) is 6.23. The fraction of sp³-hybridized carbons (Fsp3) is 0.240. The molecule has 1 N–H and O–H groups in total. The Bertz CT molecular complexity index is 1380. The van der Waals surface area contributed by atoms with E-state index < -0.39 is 40.8 Å². The second kappa shape index (κ2) is 8.86. The van der Waals surface area contributed by atoms with Gasteiger partial charge in [-0.15, -0.1) is 0 Å². The van der Waals surface area contributed by atoms with Crippen molar-refractivity contribution < 1.29 is 23.4 Å². The first-order valence-electron chi connectivity index (χ1n) is 11.1. The van der Waals surface area contributed by atoms with Gasteiger partial charge < -0.3 is 14.7 Å². The molecule has 0 spiro atoms. The van der Waals surface area contributed by atoms with Gasteiger partial charge in [-0.25, -0.2) is 4.39 Å². The molecule has 1 aromatic carbocycles. The van der Waals surface area contributed by atoms with Gasteiger partial charge in [-0.1, -0.05) is 19.1 Å². The van der Waals surface area contributed by atoms with E-state index in [4.69, 9.17) is 4.74 Å². The van der Waals surface area contributed by atoms with E-state index in [0.29, 0.717) is 12.1 Å². The van der Waals surface area contributed by atoms with Crippen LogP contribution in [0.25, 0.3) is 0 Å². The van der Waals surface area contributed by atoms with Crippen LogP contribution in [-0.4, -0.2) is 44.9 Å². The van der Waals surface area contributed by atoms with Crippen LogP contribution < -0.4 is 15.2 Å². The van der Waals surface area contributed by atoms with E-state index in [1.54, 1.807) is 41.6 Å². The van der Waals surface area contributed by atoms with Crippen molar-refractivity contribution in [1.82, 2.24) is 14.6 Å². The molecule has 0 saturated heterocycles. The predicted octanol–water partition coefficient (Wildman–Crippen LogP) is 3.10. The zero-order chi connectivity index (χ0) is 24.7. The summed E-state index contributed by atoms with van der Waals surface area (Å²) in [7, 11) is 0. The molecule has 1 amide bonds. The highest BCUT2D eigenvalue weighted by Crippen LogP contribution is 2.38. The number of carbonyl (C=O) groups excluding carboxylic acids is 1. The number of aromatic nitrogens is 2. The van der Waals surface area contributed by atoms with Gasteiger partial charge in [-0.2, -0.15) is 4.39 Å². The lowest BCUT2D eigenvalue weighted by molar-refractivity contribution is 0.0625. The van der Waals surface area contributed by atoms with Crippen LogP contribution in [0.5, 0.6) is 11.5 Å². The highest BCUT2D eigenvalue weighted by Gasteiger charge is 2.40. The number of hydrogen-bond donors (Lipinski definition) is 1. The highest BCUT2D eigenvalue weighted by atomic mass is 19.2. The summed E-state index contributed by atoms with van der Waals surface area (Å²) in [6.07, 6.45) is 6.83. The van der Waals surface area contributed by atoms with Crippen molar-refractivity contribution in [2.75, 3.05) is 18.3 Å². The van der Waals surface area contributed by atoms with Crippen LogP contribution in [-0.2, 0) is 0 Å². The van der Waals surface area contributed by atoms with Crippen molar-refractivity contribution >= 4 is 5.91 Å². The number of nitrogens with zero attached hydrogens (tertiary/aromatic N) is 4. The molecule has 3 aromatic rings. The van der Waals surface area contributed by atoms with E-state index in [9.17, 15) is 19.1 Å². The van der Waals surface area contributed by atoms with Gasteiger partial charge >= 0.3 is 0 Å². The van der Waals surface area contributed by atoms with Gasteiger partial charge in [0, 0.05) is 24.0 Å². The Hall–Kier alpha value is -4.21. The molecule has 1 unspecified atom stereocenters. The van der Waals surface area contributed by atoms with Crippen molar-refractivity contribution in [3.63, 3.8) is 0 Å². The maximum Gasteiger partial charge on any atom is 0.278 e. The van der Waals surface area contributed by atoms with Crippen LogP contribution in [0.2, 0.25) is 0 Å². The van der Waals surface area contributed by atoms with Crippen LogP contribution in [0.4, 0.5) is 8.78 Å². The number of carbonyl (C=O) groups is 1. The van der Waals surface area contributed by atoms with Gasteiger partial charge in [-0.05, 0) is 36.8 Å². The minimum atomic E-state index is -1.14. The number of hydrogen-bond acceptors (Lipinski definition) is 6. The summed E-state index contributed by atoms with van der Waals surface area (Å²) in [4.78, 5) is 31.7. The van der Waals surface area contributed by atoms with Crippen molar-refractivity contribution in [3.05, 3.63) is 99.8 Å². The molecule has 8 nitrogen and oxygen atoms in total. The minimum Gasteiger partial charge on any atom is -0.502 e. The van der Waals surface area contributed by atoms with Crippen LogP contribution >= 0.6 is 0 Å². The third-order valence-corrected chi connectivity index (χ3v) is 6.23. The molecule has 0 saturated carbocycles. The average molecular weight is 480 g/mol. The topological polar surface area (TPSA) is 87.9 Å². The first kappa shape index (κ1) is 22.6. The maximum atomic E-state index is 15.0. The highest BCUT2D eigenvalue weighted by molar-refractivity contribution is 5.96. The number of benzene rings is 1. The van der Waals surface area contributed by atoms with Gasteiger partial charge in [0.1, 0.15) is 19.3 Å². The van der Waals surface area contributed by atoms with E-state index in [0.717, 1.165) is 12.1 Å². The molecule has 35 heavy (non-hydrogen) atoms. The lowest BCUT2D eigenvalue weighted by Crippen LogP contribution is -2.57. The molecular weight excluding hydrogens is 458 g/mol. The van der Waals surface area contributed by atoms with Crippen LogP contribution in [0.3, 0.4) is 0 Å². The second-order valence-electron chi connectivity index (χ2n) is 8.23. The van der Waals surface area contributed by atoms with Gasteiger partial charge in [0.05, 0.1) is 11.7 Å². The minimum absolute atomic E-state index is 0.0106. The quantitative estimate of drug-likeness (QED) is 0.568. The second-order valence-corrected chi connectivity index (χ2v) is 8.23. The molecule has 0 fully saturated rings. The van der Waals surface area contributed by atoms with Crippen LogP contribution in [0, 0.1) is 11.6 Å². The fourth-order valence-corrected chi connectivity index (χ4v) is 4.54. The monoisotopic (exact) mass is 480 g/mol. The van der Waals surface area contributed by atoms with Gasteiger partial charge in [0.15, 0.2) is 23.0 Å². The number of aromatic hydroxyl groups is 1. The Balaban J connectivity index is 1.84. The summed E-state index contributed by atoms with van der Waals surface area (Å²) in [5.74, 6) is -3.71. The summed E-state index contributed by atoms with van der Waals surface area (Å²) in [6, 6.07) is 7.47. The molecule has 0 aliphatic carbocycles. The molecule has 2 aliphatic heterocycles. The van der Waals surface area contributed by atoms with Gasteiger partial charge in [-0.3, -0.25) is 24.3 Å². The zero-order valence-corrected chi connectivity index (χ0v) is 18.8. The van der Waals surface area contributed by atoms with Crippen molar-refractivity contribution in [3.8, 4) is 11.5 Å². The molecule has 2 aliphatic rings. The van der Waals surface area contributed by atoms with Crippen LogP contribution in [0.15, 0.2) is 65.7 Å². The summed E-state index contributed by atoms with van der Waals surface area (Å²) in [6.45, 7) is 1.84. The number of amides is 1. The van der Waals surface area contributed by atoms with Crippen molar-refractivity contribution in [1.29, 1.82) is 0 Å². The smallest absolute Gasteiger partial charge is 0.278 e. The van der Waals surface area contributed by atoms with E-state index in [2.05, 4.69) is 4.98 Å². The Labute approximate surface area is 199 Å². The Kier molecular flexibility index (Phi) is 5.72. The number of ether oxygens (including phenoxy) is 1. The summed E-state index contributed by atoms with van der Waals surface area (Å²) < 4.78 is 36.4. The molecule has 0 radical (unpaired) electrons. The number of rotatable bonds is 2. The predicted molar refractivity (Wildman–Crippen MR) is 123 cm³/mol. The lowest BCUT2D eigenvalue weighted by Gasteiger charge is -2.45. The summed E-state index contributed by atoms with van der Waals surface area (Å²) >= 11 is 0. The number of pyridine rings is 2. The largest absolute Gasteiger partial charge is 0.502 e. The van der Waals surface area contributed by atoms with Gasteiger partial charge in [0.2, 0.25) is 11.2 Å². The molecule has 180 valence electrons. The summed E-state index contributed by atoms with van der Waals surface area (Å²) in [5, 5.41) is 12.3. The first-order chi connectivity index (χ1) is 16.9. The first-order valence-corrected chi connectivity index (χ1v) is 11.1. The summed E-state index contributed by atoms with van der Waals surface area (Å²) in [5.41, 5.74) is -0.196. The molecule has 2 aromatic heterocycles. The van der Waals surface area contributed by atoms with E-state index in [-0.39, 0.29) is 30.3 Å². The lowest BCUT2D eigenvalue weighted by atomic mass is 10.00. The molecule has 2 atom stereocenters. The van der Waals surface area contributed by atoms with E-state index in [1.165, 1.54) is 21.8 Å². The van der Waals surface area contributed by atoms with Crippen LogP contribution in [0.1, 0.15) is 41.1 Å². The average Bonchev–Trinajstić information content (AvgIpc) is 2.89. The standard InChI is InChI=1S/C25H22F2N4O4/c1-2-15-6-5-13-35-24-16(8-9-17(26)20(24)27)21(18-7-3-4-11-28-18)31-14-29(15)25(34)22-23(33)19(32)10-12-30(22)31/h3-12,15,21,33H,2,13-14H2,1H3/b6-5+/t15?,21-/m0/s1. The molecular formula is C25H22F2N4O4. The third kappa shape index (κ3) is 3.71.